The van der Waals surface area contributed by atoms with Gasteiger partial charge in [0.25, 0.3) is 15.9 Å². The Balaban J connectivity index is 1.57. The highest BCUT2D eigenvalue weighted by atomic mass is 32.2. The Kier molecular flexibility index (Phi) is 6.65. The number of sulfonamides is 1. The molecule has 11 heteroatoms. The summed E-state index contributed by atoms with van der Waals surface area (Å²) in [4.78, 5) is 23.6. The van der Waals surface area contributed by atoms with Crippen molar-refractivity contribution in [3.8, 4) is 6.07 Å². The molecule has 1 aromatic carbocycles. The first-order valence-corrected chi connectivity index (χ1v) is 12.7. The summed E-state index contributed by atoms with van der Waals surface area (Å²) in [7, 11) is -4.33. The minimum absolute atomic E-state index is 0.135. The van der Waals surface area contributed by atoms with Crippen molar-refractivity contribution >= 4 is 33.3 Å². The standard InChI is InChI=1S/C25H25FN6O3S/c1-16-13-25(2,3)32(15-16)23-19(6-5-11-28-23)24(33)31-36(34,35)22-8-4-7-21(30-22)29-18-9-10-20(26)17(12-18)14-27/h4-12,16H,13,15H2,1-3H3,(H,29,30)(H,31,33). The number of anilines is 3. The van der Waals surface area contributed by atoms with E-state index in [4.69, 9.17) is 5.26 Å². The monoisotopic (exact) mass is 508 g/mol. The van der Waals surface area contributed by atoms with E-state index in [2.05, 4.69) is 40.8 Å². The molecule has 1 amide bonds. The van der Waals surface area contributed by atoms with Crippen molar-refractivity contribution in [3.05, 3.63) is 71.7 Å². The molecule has 36 heavy (non-hydrogen) atoms. The predicted octanol–water partition coefficient (Wildman–Crippen LogP) is 3.97. The van der Waals surface area contributed by atoms with Gasteiger partial charge in [-0.3, -0.25) is 4.79 Å². The van der Waals surface area contributed by atoms with Gasteiger partial charge < -0.3 is 10.2 Å². The maximum absolute atomic E-state index is 13.6. The average Bonchev–Trinajstić information content (AvgIpc) is 3.11. The summed E-state index contributed by atoms with van der Waals surface area (Å²) >= 11 is 0. The van der Waals surface area contributed by atoms with E-state index in [9.17, 15) is 17.6 Å². The molecule has 0 aliphatic carbocycles. The highest BCUT2D eigenvalue weighted by Crippen LogP contribution is 2.37. The molecule has 0 saturated carbocycles. The lowest BCUT2D eigenvalue weighted by Gasteiger charge is -2.33. The van der Waals surface area contributed by atoms with Crippen LogP contribution in [0.1, 0.15) is 43.1 Å². The van der Waals surface area contributed by atoms with Gasteiger partial charge in [0, 0.05) is 24.0 Å². The number of amides is 1. The van der Waals surface area contributed by atoms with Crippen LogP contribution in [0, 0.1) is 23.1 Å². The number of halogens is 1. The number of nitriles is 1. The lowest BCUT2D eigenvalue weighted by molar-refractivity contribution is 0.0981. The lowest BCUT2D eigenvalue weighted by Crippen LogP contribution is -2.41. The molecule has 1 fully saturated rings. The van der Waals surface area contributed by atoms with Crippen LogP contribution in [0.2, 0.25) is 0 Å². The van der Waals surface area contributed by atoms with Crippen LogP contribution in [0.5, 0.6) is 0 Å². The van der Waals surface area contributed by atoms with Gasteiger partial charge in [-0.1, -0.05) is 13.0 Å². The number of nitrogens with zero attached hydrogens (tertiary/aromatic N) is 4. The molecule has 1 unspecified atom stereocenters. The summed E-state index contributed by atoms with van der Waals surface area (Å²) in [5.74, 6) is -0.530. The number of hydrogen-bond donors (Lipinski definition) is 2. The zero-order valence-electron chi connectivity index (χ0n) is 20.0. The molecule has 3 heterocycles. The van der Waals surface area contributed by atoms with E-state index >= 15 is 0 Å². The second-order valence-corrected chi connectivity index (χ2v) is 11.0. The van der Waals surface area contributed by atoms with Gasteiger partial charge in [0.15, 0.2) is 5.03 Å². The largest absolute Gasteiger partial charge is 0.351 e. The van der Waals surface area contributed by atoms with E-state index in [-0.39, 0.29) is 27.5 Å². The van der Waals surface area contributed by atoms with Gasteiger partial charge >= 0.3 is 0 Å². The van der Waals surface area contributed by atoms with Crippen molar-refractivity contribution in [2.24, 2.45) is 5.92 Å². The molecule has 1 saturated heterocycles. The molecule has 0 radical (unpaired) electrons. The number of aromatic nitrogens is 2. The van der Waals surface area contributed by atoms with Crippen molar-refractivity contribution in [1.82, 2.24) is 14.7 Å². The molecule has 0 spiro atoms. The van der Waals surface area contributed by atoms with Crippen molar-refractivity contribution in [2.45, 2.75) is 37.8 Å². The smallest absolute Gasteiger partial charge is 0.281 e. The minimum Gasteiger partial charge on any atom is -0.351 e. The summed E-state index contributed by atoms with van der Waals surface area (Å²) in [6.45, 7) is 6.94. The van der Waals surface area contributed by atoms with E-state index < -0.39 is 21.7 Å². The molecule has 1 atom stereocenters. The average molecular weight is 509 g/mol. The number of pyridine rings is 2. The minimum atomic E-state index is -4.33. The molecule has 2 aromatic heterocycles. The second kappa shape index (κ2) is 9.54. The van der Waals surface area contributed by atoms with Crippen LogP contribution < -0.4 is 14.9 Å². The topological polar surface area (TPSA) is 128 Å². The Morgan fingerprint density at radius 3 is 2.69 bits per heavy atom. The second-order valence-electron chi connectivity index (χ2n) is 9.33. The Hall–Kier alpha value is -4.04. The zero-order chi connectivity index (χ0) is 26.1. The molecule has 3 aromatic rings. The fraction of sp³-hybridized carbons (Fsp3) is 0.280. The van der Waals surface area contributed by atoms with E-state index in [1.165, 1.54) is 30.3 Å². The molecular formula is C25H25FN6O3S. The Morgan fingerprint density at radius 1 is 1.22 bits per heavy atom. The first kappa shape index (κ1) is 25.1. The van der Waals surface area contributed by atoms with E-state index in [0.29, 0.717) is 24.0 Å². The Labute approximate surface area is 209 Å². The third-order valence-corrected chi connectivity index (χ3v) is 7.18. The zero-order valence-corrected chi connectivity index (χ0v) is 20.8. The fourth-order valence-corrected chi connectivity index (χ4v) is 5.38. The van der Waals surface area contributed by atoms with Gasteiger partial charge in [-0.25, -0.2) is 19.1 Å². The van der Waals surface area contributed by atoms with E-state index in [1.807, 2.05) is 4.90 Å². The third-order valence-electron chi connectivity index (χ3n) is 5.95. The maximum Gasteiger partial charge on any atom is 0.281 e. The summed E-state index contributed by atoms with van der Waals surface area (Å²) in [6.07, 6.45) is 2.49. The predicted molar refractivity (Wildman–Crippen MR) is 133 cm³/mol. The summed E-state index contributed by atoms with van der Waals surface area (Å²) < 4.78 is 41.7. The fourth-order valence-electron chi connectivity index (χ4n) is 4.45. The molecule has 9 nitrogen and oxygen atoms in total. The van der Waals surface area contributed by atoms with E-state index in [0.717, 1.165) is 12.5 Å². The first-order chi connectivity index (χ1) is 17.0. The van der Waals surface area contributed by atoms with Crippen LogP contribution in [0.4, 0.5) is 21.7 Å². The Morgan fingerprint density at radius 2 is 2.00 bits per heavy atom. The van der Waals surface area contributed by atoms with Gasteiger partial charge in [0.05, 0.1) is 11.1 Å². The highest BCUT2D eigenvalue weighted by molar-refractivity contribution is 7.90. The van der Waals surface area contributed by atoms with Gasteiger partial charge in [0.1, 0.15) is 23.5 Å². The van der Waals surface area contributed by atoms with E-state index in [1.54, 1.807) is 24.4 Å². The number of carbonyl (C=O) groups is 1. The molecule has 186 valence electrons. The molecule has 1 aliphatic heterocycles. The normalized spacial score (nSPS) is 16.9. The van der Waals surface area contributed by atoms with Crippen LogP contribution in [0.15, 0.2) is 59.8 Å². The summed E-state index contributed by atoms with van der Waals surface area (Å²) in [5.41, 5.74) is 0.0860. The van der Waals surface area contributed by atoms with Crippen molar-refractivity contribution in [1.29, 1.82) is 5.26 Å². The number of nitrogens with one attached hydrogen (secondary N) is 2. The lowest BCUT2D eigenvalue weighted by atomic mass is 9.97. The van der Waals surface area contributed by atoms with Crippen LogP contribution in [0.3, 0.4) is 0 Å². The van der Waals surface area contributed by atoms with Gasteiger partial charge in [0.2, 0.25) is 0 Å². The maximum atomic E-state index is 13.6. The van der Waals surface area contributed by atoms with Crippen molar-refractivity contribution in [3.63, 3.8) is 0 Å². The summed E-state index contributed by atoms with van der Waals surface area (Å²) in [5, 5.41) is 11.5. The number of benzene rings is 1. The van der Waals surface area contributed by atoms with Crippen LogP contribution in [-0.4, -0.2) is 36.4 Å². The number of carbonyl (C=O) groups excluding carboxylic acids is 1. The molecule has 4 rings (SSSR count). The Bertz CT molecular complexity index is 1470. The van der Waals surface area contributed by atoms with Crippen LogP contribution >= 0.6 is 0 Å². The number of rotatable bonds is 6. The quantitative estimate of drug-likeness (QED) is 0.512. The summed E-state index contributed by atoms with van der Waals surface area (Å²) in [6, 6.07) is 12.9. The molecule has 0 bridgehead atoms. The van der Waals surface area contributed by atoms with Gasteiger partial charge in [-0.15, -0.1) is 0 Å². The SMILES string of the molecule is CC1CN(c2ncccc2C(=O)NS(=O)(=O)c2cccc(Nc3ccc(F)c(C#N)c3)n2)C(C)(C)C1. The third kappa shape index (κ3) is 5.13. The first-order valence-electron chi connectivity index (χ1n) is 11.2. The molecule has 1 aliphatic rings. The van der Waals surface area contributed by atoms with Crippen molar-refractivity contribution < 1.29 is 17.6 Å². The van der Waals surface area contributed by atoms with Gasteiger partial charge in [-0.05, 0) is 68.7 Å². The highest BCUT2D eigenvalue weighted by Gasteiger charge is 2.39. The van der Waals surface area contributed by atoms with Gasteiger partial charge in [-0.2, -0.15) is 13.7 Å². The van der Waals surface area contributed by atoms with Crippen LogP contribution in [-0.2, 0) is 10.0 Å². The molecule has 2 N–H and O–H groups in total. The number of hydrogen-bond acceptors (Lipinski definition) is 8. The molecular weight excluding hydrogens is 483 g/mol. The van der Waals surface area contributed by atoms with Crippen LogP contribution in [0.25, 0.3) is 0 Å². The van der Waals surface area contributed by atoms with Crippen molar-refractivity contribution in [2.75, 3.05) is 16.8 Å².